The van der Waals surface area contributed by atoms with Crippen molar-refractivity contribution in [3.63, 3.8) is 0 Å². The normalized spacial score (nSPS) is 20.3. The molecule has 2 saturated carbocycles. The van der Waals surface area contributed by atoms with Gasteiger partial charge in [-0.3, -0.25) is 29.3 Å². The lowest BCUT2D eigenvalue weighted by Gasteiger charge is -2.30. The predicted molar refractivity (Wildman–Crippen MR) is 238 cm³/mol. The van der Waals surface area contributed by atoms with Crippen LogP contribution in [0.3, 0.4) is 0 Å². The first-order valence-corrected chi connectivity index (χ1v) is 22.3. The fraction of sp³-hybridized carbons (Fsp3) is 0.511. The van der Waals surface area contributed by atoms with Crippen LogP contribution in [0.15, 0.2) is 48.8 Å². The predicted octanol–water partition coefficient (Wildman–Crippen LogP) is 4.35. The van der Waals surface area contributed by atoms with Crippen LogP contribution < -0.4 is 36.2 Å². The molecule has 334 valence electrons. The third-order valence-electron chi connectivity index (χ3n) is 12.5. The maximum atomic E-state index is 13.3. The van der Waals surface area contributed by atoms with Gasteiger partial charge in [0.2, 0.25) is 23.7 Å². The Morgan fingerprint density at radius 3 is 2.46 bits per heavy atom. The van der Waals surface area contributed by atoms with Crippen LogP contribution in [0, 0.1) is 11.8 Å². The zero-order valence-corrected chi connectivity index (χ0v) is 36.5. The number of methoxy groups -OCH3 is 1. The molecular weight excluding hydrogens is 803 g/mol. The number of likely N-dealkylation sites (N-methyl/N-ethyl adjacent to an activating group) is 1. The molecular formula is C47H59N9O7. The Labute approximate surface area is 369 Å². The first-order chi connectivity index (χ1) is 30.6. The summed E-state index contributed by atoms with van der Waals surface area (Å²) in [4.78, 5) is 75.6. The fourth-order valence-corrected chi connectivity index (χ4v) is 8.85. The van der Waals surface area contributed by atoms with E-state index in [1.165, 1.54) is 17.7 Å². The molecule has 7 rings (SSSR count). The van der Waals surface area contributed by atoms with E-state index in [1.807, 2.05) is 13.0 Å². The van der Waals surface area contributed by atoms with Gasteiger partial charge in [0.25, 0.3) is 11.8 Å². The van der Waals surface area contributed by atoms with Crippen molar-refractivity contribution in [1.29, 1.82) is 0 Å². The minimum absolute atomic E-state index is 0.00854. The molecule has 2 aromatic carbocycles. The van der Waals surface area contributed by atoms with Gasteiger partial charge < -0.3 is 40.5 Å². The molecule has 16 heteroatoms. The number of ether oxygens (including phenoxy) is 2. The number of fused-ring (bicyclic) bond motifs is 1. The fourth-order valence-electron chi connectivity index (χ4n) is 8.85. The van der Waals surface area contributed by atoms with Crippen molar-refractivity contribution >= 4 is 46.9 Å². The number of rotatable bonds is 17. The molecule has 0 bridgehead atoms. The van der Waals surface area contributed by atoms with Crippen molar-refractivity contribution in [2.24, 2.45) is 0 Å². The molecule has 16 nitrogen and oxygen atoms in total. The number of carbonyl (C=O) groups is 5. The second-order valence-electron chi connectivity index (χ2n) is 16.7. The second-order valence-corrected chi connectivity index (χ2v) is 16.7. The van der Waals surface area contributed by atoms with E-state index in [1.54, 1.807) is 61.8 Å². The van der Waals surface area contributed by atoms with Gasteiger partial charge in [-0.15, -0.1) is 0 Å². The highest BCUT2D eigenvalue weighted by Crippen LogP contribution is 2.31. The minimum Gasteiger partial charge on any atom is -0.495 e. The Morgan fingerprint density at radius 1 is 0.968 bits per heavy atom. The number of anilines is 3. The highest BCUT2D eigenvalue weighted by atomic mass is 16.5. The maximum absolute atomic E-state index is 13.3. The van der Waals surface area contributed by atoms with Crippen molar-refractivity contribution in [3.05, 3.63) is 71.0 Å². The number of amides is 5. The molecule has 63 heavy (non-hydrogen) atoms. The van der Waals surface area contributed by atoms with Crippen LogP contribution in [0.25, 0.3) is 0 Å². The van der Waals surface area contributed by atoms with Crippen LogP contribution in [0.1, 0.15) is 116 Å². The van der Waals surface area contributed by atoms with Crippen molar-refractivity contribution < 1.29 is 33.4 Å². The molecule has 3 fully saturated rings. The number of hydrogen-bond acceptors (Lipinski definition) is 12. The van der Waals surface area contributed by atoms with E-state index in [0.29, 0.717) is 91.8 Å². The van der Waals surface area contributed by atoms with E-state index in [-0.39, 0.29) is 42.1 Å². The van der Waals surface area contributed by atoms with E-state index < -0.39 is 11.9 Å². The molecule has 3 aromatic rings. The molecule has 3 heterocycles. The summed E-state index contributed by atoms with van der Waals surface area (Å²) in [6, 6.07) is 10.6. The van der Waals surface area contributed by atoms with Gasteiger partial charge in [0, 0.05) is 67.8 Å². The molecule has 2 aliphatic carbocycles. The number of nitrogens with zero attached hydrogens (tertiary/aromatic N) is 4. The van der Waals surface area contributed by atoms with Crippen LogP contribution in [-0.2, 0) is 25.7 Å². The van der Waals surface area contributed by atoms with Crippen molar-refractivity contribution in [2.75, 3.05) is 44.1 Å². The lowest BCUT2D eigenvalue weighted by Crippen LogP contribution is -2.52. The first-order valence-electron chi connectivity index (χ1n) is 22.3. The molecule has 5 amide bonds. The molecule has 1 unspecified atom stereocenters. The maximum Gasteiger partial charge on any atom is 0.255 e. The van der Waals surface area contributed by atoms with E-state index in [9.17, 15) is 24.0 Å². The number of aromatic nitrogens is 2. The lowest BCUT2D eigenvalue weighted by molar-refractivity contribution is -0.137. The Hall–Kier alpha value is -5.89. The molecule has 5 N–H and O–H groups in total. The summed E-state index contributed by atoms with van der Waals surface area (Å²) < 4.78 is 11.5. The monoisotopic (exact) mass is 861 g/mol. The van der Waals surface area contributed by atoms with Crippen LogP contribution in [0.2, 0.25) is 0 Å². The van der Waals surface area contributed by atoms with E-state index >= 15 is 0 Å². The van der Waals surface area contributed by atoms with Gasteiger partial charge in [0.05, 0.1) is 50.1 Å². The third-order valence-corrected chi connectivity index (χ3v) is 12.5. The minimum atomic E-state index is -0.657. The van der Waals surface area contributed by atoms with Crippen molar-refractivity contribution in [2.45, 2.75) is 121 Å². The summed E-state index contributed by atoms with van der Waals surface area (Å²) in [7, 11) is 3.29. The zero-order chi connectivity index (χ0) is 44.3. The quantitative estimate of drug-likeness (QED) is 0.0733. The largest absolute Gasteiger partial charge is 0.495 e. The van der Waals surface area contributed by atoms with Gasteiger partial charge >= 0.3 is 0 Å². The van der Waals surface area contributed by atoms with Crippen LogP contribution >= 0.6 is 0 Å². The van der Waals surface area contributed by atoms with Gasteiger partial charge in [0.15, 0.2) is 0 Å². The summed E-state index contributed by atoms with van der Waals surface area (Å²) in [6.45, 7) is 4.05. The Kier molecular flexibility index (Phi) is 15.4. The Balaban J connectivity index is 0.788. The van der Waals surface area contributed by atoms with Gasteiger partial charge in [-0.1, -0.05) is 37.7 Å². The van der Waals surface area contributed by atoms with Crippen LogP contribution in [0.4, 0.5) is 17.3 Å². The summed E-state index contributed by atoms with van der Waals surface area (Å²) in [5.74, 6) is 6.03. The van der Waals surface area contributed by atoms with Gasteiger partial charge in [0.1, 0.15) is 11.8 Å². The second kappa shape index (κ2) is 21.5. The number of piperidine rings is 1. The number of benzene rings is 2. The number of hydrogen-bond donors (Lipinski definition) is 5. The summed E-state index contributed by atoms with van der Waals surface area (Å²) in [5.41, 5.74) is 3.82. The average Bonchev–Trinajstić information content (AvgIpc) is 3.94. The van der Waals surface area contributed by atoms with Crippen molar-refractivity contribution in [3.8, 4) is 17.6 Å². The molecule has 4 aliphatic rings. The Bertz CT molecular complexity index is 2190. The van der Waals surface area contributed by atoms with Gasteiger partial charge in [-0.25, -0.2) is 9.97 Å². The molecule has 1 saturated heterocycles. The number of nitrogens with one attached hydrogen (secondary N) is 5. The summed E-state index contributed by atoms with van der Waals surface area (Å²) in [6.07, 6.45) is 13.2. The zero-order valence-electron chi connectivity index (χ0n) is 36.5. The number of imide groups is 1. The van der Waals surface area contributed by atoms with Crippen LogP contribution in [-0.4, -0.2) is 109 Å². The smallest absolute Gasteiger partial charge is 0.255 e. The molecule has 2 aliphatic heterocycles. The molecule has 0 spiro atoms. The highest BCUT2D eigenvalue weighted by Gasteiger charge is 2.39. The van der Waals surface area contributed by atoms with E-state index in [2.05, 4.69) is 48.4 Å². The molecule has 2 atom stereocenters. The third kappa shape index (κ3) is 11.4. The van der Waals surface area contributed by atoms with E-state index in [4.69, 9.17) is 9.47 Å². The van der Waals surface area contributed by atoms with Crippen molar-refractivity contribution in [1.82, 2.24) is 36.1 Å². The lowest BCUT2D eigenvalue weighted by atomic mass is 9.91. The summed E-state index contributed by atoms with van der Waals surface area (Å²) in [5, 5.41) is 15.8. The SMILES string of the molecule is CC[C@@H](NC1CCCC1)C(=O)N(C)c1cnc(Nc2ccc(C(=O)NC3CCC(NCCOCCC#Cc4cccc5c4CN(C4CCC(=O)NC4=O)C5=O)CC3)cc2OC)nc1. The summed E-state index contributed by atoms with van der Waals surface area (Å²) >= 11 is 0. The van der Waals surface area contributed by atoms with Crippen LogP contribution in [0.5, 0.6) is 5.75 Å². The average molecular weight is 862 g/mol. The molecule has 0 radical (unpaired) electrons. The topological polar surface area (TPSA) is 196 Å². The van der Waals surface area contributed by atoms with E-state index in [0.717, 1.165) is 49.7 Å². The first kappa shape index (κ1) is 45.1. The highest BCUT2D eigenvalue weighted by molar-refractivity contribution is 6.05. The Morgan fingerprint density at radius 2 is 1.73 bits per heavy atom. The van der Waals surface area contributed by atoms with Gasteiger partial charge in [-0.05, 0) is 87.3 Å². The number of carbonyl (C=O) groups excluding carboxylic acids is 5. The standard InChI is InChI=1S/C47H59N9O7/c1-4-38(51-33-12-5-6-13-33)46(61)55(2)35-27-49-47(50-28-35)53-39-20-15-31(26-41(39)62-3)43(58)52-34-18-16-32(17-19-34)48-23-25-63-24-8-7-10-30-11-9-14-36-37(30)29-56(45(36)60)40-21-22-42(57)54-44(40)59/h9,11,14-15,20,26-28,32-34,38,40,48,51H,4-6,8,12-13,16-19,21-25,29H2,1-3H3,(H,52,58)(H,49,50,53)(H,54,57,59)/t32?,34?,38-,40?/m1/s1. The van der Waals surface area contributed by atoms with Gasteiger partial charge in [-0.2, -0.15) is 0 Å². The molecule has 1 aromatic heterocycles.